The van der Waals surface area contributed by atoms with Crippen LogP contribution in [0.5, 0.6) is 0 Å². The quantitative estimate of drug-likeness (QED) is 0.849. The number of aromatic nitrogens is 1. The second kappa shape index (κ2) is 4.20. The summed E-state index contributed by atoms with van der Waals surface area (Å²) in [7, 11) is 2.17. The van der Waals surface area contributed by atoms with E-state index in [1.165, 1.54) is 25.0 Å². The highest BCUT2D eigenvalue weighted by Crippen LogP contribution is 2.36. The highest BCUT2D eigenvalue weighted by Gasteiger charge is 2.39. The molecule has 2 rings (SSSR count). The molecule has 4 heteroatoms. The molecule has 1 aromatic rings. The number of likely N-dealkylation sites (N-methyl/N-ethyl adjacent to an activating group) is 1. The molecule has 0 radical (unpaired) electrons. The van der Waals surface area contributed by atoms with Gasteiger partial charge in [-0.2, -0.15) is 0 Å². The molecule has 0 aliphatic heterocycles. The van der Waals surface area contributed by atoms with E-state index in [1.807, 2.05) is 0 Å². The van der Waals surface area contributed by atoms with E-state index in [2.05, 4.69) is 29.2 Å². The van der Waals surface area contributed by atoms with Gasteiger partial charge in [0.05, 0.1) is 10.7 Å². The molecule has 1 fully saturated rings. The van der Waals surface area contributed by atoms with Crippen LogP contribution < -0.4 is 5.73 Å². The molecule has 0 aromatic carbocycles. The minimum absolute atomic E-state index is 0.261. The zero-order chi connectivity index (χ0) is 10.9. The van der Waals surface area contributed by atoms with E-state index in [0.29, 0.717) is 0 Å². The molecule has 1 aromatic heterocycles. The fourth-order valence-electron chi connectivity index (χ4n) is 2.22. The van der Waals surface area contributed by atoms with Gasteiger partial charge in [-0.15, -0.1) is 11.3 Å². The van der Waals surface area contributed by atoms with Crippen molar-refractivity contribution >= 4 is 11.3 Å². The number of nitrogens with two attached hydrogens (primary N) is 1. The van der Waals surface area contributed by atoms with Gasteiger partial charge in [-0.25, -0.2) is 4.98 Å². The Morgan fingerprint density at radius 2 is 2.33 bits per heavy atom. The Labute approximate surface area is 95.3 Å². The van der Waals surface area contributed by atoms with Crippen LogP contribution in [0.2, 0.25) is 0 Å². The van der Waals surface area contributed by atoms with Crippen LogP contribution in [0.4, 0.5) is 0 Å². The molecule has 1 aliphatic rings. The lowest BCUT2D eigenvalue weighted by atomic mass is 9.75. The van der Waals surface area contributed by atoms with Crippen molar-refractivity contribution in [3.63, 3.8) is 0 Å². The fraction of sp³-hybridized carbons (Fsp3) is 0.727. The van der Waals surface area contributed by atoms with Gasteiger partial charge >= 0.3 is 0 Å². The average molecular weight is 225 g/mol. The average Bonchev–Trinajstić information content (AvgIpc) is 2.50. The summed E-state index contributed by atoms with van der Waals surface area (Å²) in [6.45, 7) is 3.75. The molecule has 84 valence electrons. The second-order valence-corrected chi connectivity index (χ2v) is 5.56. The van der Waals surface area contributed by atoms with E-state index in [0.717, 1.165) is 18.1 Å². The Bertz CT molecular complexity index is 325. The summed E-state index contributed by atoms with van der Waals surface area (Å²) in [6.07, 6.45) is 3.80. The Hall–Kier alpha value is -0.450. The Morgan fingerprint density at radius 1 is 1.60 bits per heavy atom. The number of nitrogens with zero attached hydrogens (tertiary/aromatic N) is 2. The van der Waals surface area contributed by atoms with E-state index in [-0.39, 0.29) is 5.54 Å². The first-order chi connectivity index (χ1) is 7.16. The van der Waals surface area contributed by atoms with Crippen LogP contribution in [-0.2, 0) is 6.54 Å². The lowest BCUT2D eigenvalue weighted by molar-refractivity contribution is 0.0390. The van der Waals surface area contributed by atoms with Gasteiger partial charge in [-0.1, -0.05) is 0 Å². The van der Waals surface area contributed by atoms with Crippen LogP contribution in [-0.4, -0.2) is 29.0 Å². The molecule has 0 spiro atoms. The number of aryl methyl sites for hydroxylation is 1. The SMILES string of the molecule is Cc1nc(CN(C)C2(CN)CCC2)cs1. The van der Waals surface area contributed by atoms with Crippen molar-refractivity contribution in [1.82, 2.24) is 9.88 Å². The summed E-state index contributed by atoms with van der Waals surface area (Å²) in [5.41, 5.74) is 7.31. The normalized spacial score (nSPS) is 19.2. The third-order valence-corrected chi connectivity index (χ3v) is 4.36. The molecule has 0 unspecified atom stereocenters. The zero-order valence-corrected chi connectivity index (χ0v) is 10.3. The number of thiazole rings is 1. The van der Waals surface area contributed by atoms with E-state index in [4.69, 9.17) is 5.73 Å². The minimum atomic E-state index is 0.261. The fourth-order valence-corrected chi connectivity index (χ4v) is 2.82. The first-order valence-corrected chi connectivity index (χ1v) is 6.36. The molecule has 15 heavy (non-hydrogen) atoms. The monoisotopic (exact) mass is 225 g/mol. The van der Waals surface area contributed by atoms with Gasteiger partial charge in [0.15, 0.2) is 0 Å². The highest BCUT2D eigenvalue weighted by atomic mass is 32.1. The van der Waals surface area contributed by atoms with Gasteiger partial charge in [-0.05, 0) is 33.2 Å². The molecule has 1 saturated carbocycles. The number of hydrogen-bond acceptors (Lipinski definition) is 4. The molecular weight excluding hydrogens is 206 g/mol. The maximum absolute atomic E-state index is 5.87. The highest BCUT2D eigenvalue weighted by molar-refractivity contribution is 7.09. The first kappa shape index (κ1) is 11.0. The van der Waals surface area contributed by atoms with E-state index >= 15 is 0 Å². The molecule has 3 nitrogen and oxygen atoms in total. The Morgan fingerprint density at radius 3 is 2.73 bits per heavy atom. The van der Waals surface area contributed by atoms with Crippen LogP contribution in [0.15, 0.2) is 5.38 Å². The van der Waals surface area contributed by atoms with Crippen molar-refractivity contribution in [3.05, 3.63) is 16.1 Å². The third-order valence-electron chi connectivity index (χ3n) is 3.54. The lowest BCUT2D eigenvalue weighted by Gasteiger charge is -2.48. The summed E-state index contributed by atoms with van der Waals surface area (Å²) in [4.78, 5) is 6.87. The van der Waals surface area contributed by atoms with Gasteiger partial charge in [-0.3, -0.25) is 4.90 Å². The number of rotatable bonds is 4. The third kappa shape index (κ3) is 2.07. The standard InChI is InChI=1S/C11H19N3S/c1-9-13-10(7-15-9)6-14(2)11(8-12)4-3-5-11/h7H,3-6,8,12H2,1-2H3. The maximum Gasteiger partial charge on any atom is 0.0897 e. The molecule has 0 saturated heterocycles. The van der Waals surface area contributed by atoms with Crippen molar-refractivity contribution in [2.24, 2.45) is 5.73 Å². The van der Waals surface area contributed by atoms with Crippen molar-refractivity contribution in [2.75, 3.05) is 13.6 Å². The summed E-state index contributed by atoms with van der Waals surface area (Å²) >= 11 is 1.72. The topological polar surface area (TPSA) is 42.2 Å². The van der Waals surface area contributed by atoms with E-state index in [9.17, 15) is 0 Å². The summed E-state index contributed by atoms with van der Waals surface area (Å²) < 4.78 is 0. The van der Waals surface area contributed by atoms with E-state index in [1.54, 1.807) is 11.3 Å². The predicted octanol–water partition coefficient (Wildman–Crippen LogP) is 1.76. The summed E-state index contributed by atoms with van der Waals surface area (Å²) in [5, 5.41) is 3.29. The Balaban J connectivity index is 1.99. The van der Waals surface area contributed by atoms with Crippen LogP contribution in [0.3, 0.4) is 0 Å². The molecule has 2 N–H and O–H groups in total. The molecule has 0 amide bonds. The van der Waals surface area contributed by atoms with Gasteiger partial charge in [0.2, 0.25) is 0 Å². The largest absolute Gasteiger partial charge is 0.329 e. The lowest BCUT2D eigenvalue weighted by Crippen LogP contribution is -2.56. The van der Waals surface area contributed by atoms with Crippen molar-refractivity contribution < 1.29 is 0 Å². The van der Waals surface area contributed by atoms with Crippen molar-refractivity contribution in [3.8, 4) is 0 Å². The molecule has 1 aliphatic carbocycles. The predicted molar refractivity (Wildman–Crippen MR) is 64.0 cm³/mol. The van der Waals surface area contributed by atoms with Crippen LogP contribution in [0.25, 0.3) is 0 Å². The number of hydrogen-bond donors (Lipinski definition) is 1. The van der Waals surface area contributed by atoms with Crippen LogP contribution in [0, 0.1) is 6.92 Å². The molecule has 0 bridgehead atoms. The van der Waals surface area contributed by atoms with Gasteiger partial charge in [0.25, 0.3) is 0 Å². The maximum atomic E-state index is 5.87. The van der Waals surface area contributed by atoms with Crippen molar-refractivity contribution in [2.45, 2.75) is 38.3 Å². The van der Waals surface area contributed by atoms with Crippen LogP contribution in [0.1, 0.15) is 30.0 Å². The Kier molecular flexibility index (Phi) is 3.09. The first-order valence-electron chi connectivity index (χ1n) is 5.49. The van der Waals surface area contributed by atoms with Crippen molar-refractivity contribution in [1.29, 1.82) is 0 Å². The minimum Gasteiger partial charge on any atom is -0.329 e. The van der Waals surface area contributed by atoms with Gasteiger partial charge < -0.3 is 5.73 Å². The molecular formula is C11H19N3S. The van der Waals surface area contributed by atoms with Crippen LogP contribution >= 0.6 is 11.3 Å². The zero-order valence-electron chi connectivity index (χ0n) is 9.49. The summed E-state index contributed by atoms with van der Waals surface area (Å²) in [6, 6.07) is 0. The smallest absolute Gasteiger partial charge is 0.0897 e. The summed E-state index contributed by atoms with van der Waals surface area (Å²) in [5.74, 6) is 0. The van der Waals surface area contributed by atoms with E-state index < -0.39 is 0 Å². The van der Waals surface area contributed by atoms with Gasteiger partial charge in [0.1, 0.15) is 0 Å². The van der Waals surface area contributed by atoms with Gasteiger partial charge in [0, 0.05) is 24.0 Å². The second-order valence-electron chi connectivity index (χ2n) is 4.50. The molecule has 0 atom stereocenters. The molecule has 1 heterocycles.